The van der Waals surface area contributed by atoms with E-state index in [-0.39, 0.29) is 17.4 Å². The topological polar surface area (TPSA) is 76.2 Å². The summed E-state index contributed by atoms with van der Waals surface area (Å²) in [5, 5.41) is -0.427. The minimum atomic E-state index is -0.450. The van der Waals surface area contributed by atoms with E-state index in [0.29, 0.717) is 47.8 Å². The maximum atomic E-state index is 12.8. The lowest BCUT2D eigenvalue weighted by molar-refractivity contribution is -0.136. The van der Waals surface area contributed by atoms with Crippen molar-refractivity contribution in [2.24, 2.45) is 0 Å². The summed E-state index contributed by atoms with van der Waals surface area (Å²) in [4.78, 5) is 40.7. The van der Waals surface area contributed by atoms with Crippen LogP contribution in [0, 0.1) is 0 Å². The normalized spacial score (nSPS) is 18.3. The van der Waals surface area contributed by atoms with Gasteiger partial charge in [0.1, 0.15) is 6.54 Å². The number of amides is 3. The Bertz CT molecular complexity index is 867. The van der Waals surface area contributed by atoms with Gasteiger partial charge in [-0.15, -0.1) is 0 Å². The lowest BCUT2D eigenvalue weighted by atomic mass is 10.1. The molecule has 9 heteroatoms. The van der Waals surface area contributed by atoms with Crippen molar-refractivity contribution < 1.29 is 23.9 Å². The van der Waals surface area contributed by atoms with Gasteiger partial charge in [0.05, 0.1) is 18.1 Å². The van der Waals surface area contributed by atoms with Crippen molar-refractivity contribution in [2.75, 3.05) is 32.8 Å². The van der Waals surface area contributed by atoms with E-state index in [2.05, 4.69) is 15.9 Å². The zero-order chi connectivity index (χ0) is 21.7. The fourth-order valence-electron chi connectivity index (χ4n) is 3.35. The van der Waals surface area contributed by atoms with E-state index in [1.165, 1.54) is 0 Å². The molecule has 30 heavy (non-hydrogen) atoms. The smallest absolute Gasteiger partial charge is 0.294 e. The van der Waals surface area contributed by atoms with Gasteiger partial charge in [0, 0.05) is 17.6 Å². The zero-order valence-corrected chi connectivity index (χ0v) is 19.5. The Kier molecular flexibility index (Phi) is 7.82. The van der Waals surface area contributed by atoms with Gasteiger partial charge in [-0.2, -0.15) is 0 Å². The highest BCUT2D eigenvalue weighted by atomic mass is 79.9. The average Bonchev–Trinajstić information content (AvgIpc) is 2.99. The number of ether oxygens (including phenoxy) is 2. The molecule has 2 fully saturated rings. The van der Waals surface area contributed by atoms with E-state index < -0.39 is 11.1 Å². The summed E-state index contributed by atoms with van der Waals surface area (Å²) in [5.41, 5.74) is 0.690. The summed E-state index contributed by atoms with van der Waals surface area (Å²) < 4.78 is 12.0. The van der Waals surface area contributed by atoms with Crippen LogP contribution in [0.3, 0.4) is 0 Å². The van der Waals surface area contributed by atoms with Crippen molar-refractivity contribution in [1.29, 1.82) is 0 Å². The summed E-state index contributed by atoms with van der Waals surface area (Å²) in [6.45, 7) is 5.89. The van der Waals surface area contributed by atoms with Crippen LogP contribution >= 0.6 is 27.7 Å². The van der Waals surface area contributed by atoms with E-state index in [0.717, 1.165) is 35.9 Å². The van der Waals surface area contributed by atoms with Crippen LogP contribution in [0.2, 0.25) is 0 Å². The molecule has 0 bridgehead atoms. The molecule has 2 aliphatic heterocycles. The van der Waals surface area contributed by atoms with Gasteiger partial charge < -0.3 is 14.4 Å². The molecule has 0 aromatic heterocycles. The predicted octanol–water partition coefficient (Wildman–Crippen LogP) is 4.30. The van der Waals surface area contributed by atoms with Gasteiger partial charge in [-0.1, -0.05) is 15.9 Å². The fraction of sp³-hybridized carbons (Fsp3) is 0.476. The van der Waals surface area contributed by atoms with Gasteiger partial charge in [0.25, 0.3) is 11.1 Å². The first kappa shape index (κ1) is 22.7. The summed E-state index contributed by atoms with van der Waals surface area (Å²) in [6, 6.07) is 3.55. The van der Waals surface area contributed by atoms with Gasteiger partial charge in [-0.25, -0.2) is 0 Å². The minimum absolute atomic E-state index is 0.181. The van der Waals surface area contributed by atoms with E-state index in [9.17, 15) is 14.4 Å². The molecule has 2 aliphatic rings. The number of imide groups is 1. The zero-order valence-electron chi connectivity index (χ0n) is 17.1. The number of thioether (sulfide) groups is 1. The molecule has 0 radical (unpaired) electrons. The molecule has 1 aromatic rings. The largest absolute Gasteiger partial charge is 0.490 e. The monoisotopic (exact) mass is 496 g/mol. The van der Waals surface area contributed by atoms with Crippen LogP contribution in [0.1, 0.15) is 38.7 Å². The number of carbonyl (C=O) groups is 3. The molecular weight excluding hydrogens is 472 g/mol. The van der Waals surface area contributed by atoms with Crippen molar-refractivity contribution >= 4 is 50.8 Å². The maximum absolute atomic E-state index is 12.8. The number of hydrogen-bond donors (Lipinski definition) is 0. The Hall–Kier alpha value is -2.00. The minimum Gasteiger partial charge on any atom is -0.490 e. The Morgan fingerprint density at radius 2 is 1.73 bits per heavy atom. The van der Waals surface area contributed by atoms with Crippen LogP contribution in [0.25, 0.3) is 6.08 Å². The third kappa shape index (κ3) is 5.18. The maximum Gasteiger partial charge on any atom is 0.294 e. The number of benzene rings is 1. The Morgan fingerprint density at radius 1 is 1.10 bits per heavy atom. The third-order valence-corrected chi connectivity index (χ3v) is 6.42. The van der Waals surface area contributed by atoms with Crippen LogP contribution in [0.4, 0.5) is 4.79 Å². The molecule has 0 spiro atoms. The molecule has 2 heterocycles. The number of halogens is 1. The van der Waals surface area contributed by atoms with Crippen molar-refractivity contribution in [3.63, 3.8) is 0 Å². The quantitative estimate of drug-likeness (QED) is 0.523. The van der Waals surface area contributed by atoms with Crippen LogP contribution in [-0.2, 0) is 9.59 Å². The third-order valence-electron chi connectivity index (χ3n) is 4.83. The lowest BCUT2D eigenvalue weighted by Crippen LogP contribution is -2.44. The van der Waals surface area contributed by atoms with Crippen molar-refractivity contribution in [2.45, 2.75) is 33.1 Å². The molecule has 0 unspecified atom stereocenters. The van der Waals surface area contributed by atoms with Gasteiger partial charge in [0.15, 0.2) is 11.5 Å². The van der Waals surface area contributed by atoms with Crippen LogP contribution in [-0.4, -0.2) is 59.7 Å². The summed E-state index contributed by atoms with van der Waals surface area (Å²) in [7, 11) is 0. The number of nitrogens with zero attached hydrogens (tertiary/aromatic N) is 2. The molecule has 7 nitrogen and oxygen atoms in total. The van der Waals surface area contributed by atoms with Crippen molar-refractivity contribution in [3.05, 3.63) is 27.1 Å². The molecule has 0 N–H and O–H groups in total. The first-order valence-corrected chi connectivity index (χ1v) is 11.7. The second kappa shape index (κ2) is 10.3. The molecule has 0 saturated carbocycles. The fourth-order valence-corrected chi connectivity index (χ4v) is 4.62. The second-order valence-electron chi connectivity index (χ2n) is 6.90. The predicted molar refractivity (Wildman–Crippen MR) is 120 cm³/mol. The summed E-state index contributed by atoms with van der Waals surface area (Å²) in [6.07, 6.45) is 4.66. The average molecular weight is 497 g/mol. The van der Waals surface area contributed by atoms with Crippen molar-refractivity contribution in [3.8, 4) is 11.5 Å². The molecule has 2 saturated heterocycles. The lowest BCUT2D eigenvalue weighted by Gasteiger charge is -2.27. The molecule has 0 aliphatic carbocycles. The van der Waals surface area contributed by atoms with Crippen LogP contribution in [0.15, 0.2) is 21.5 Å². The molecule has 3 amide bonds. The van der Waals surface area contributed by atoms with E-state index >= 15 is 0 Å². The summed E-state index contributed by atoms with van der Waals surface area (Å²) in [5.74, 6) is 0.533. The molecular formula is C21H25BrN2O5S. The second-order valence-corrected chi connectivity index (χ2v) is 8.74. The van der Waals surface area contributed by atoms with Gasteiger partial charge in [-0.05, 0) is 68.6 Å². The van der Waals surface area contributed by atoms with Gasteiger partial charge >= 0.3 is 0 Å². The van der Waals surface area contributed by atoms with Gasteiger partial charge in [0.2, 0.25) is 5.91 Å². The number of piperidine rings is 1. The number of carbonyl (C=O) groups excluding carboxylic acids is 3. The van der Waals surface area contributed by atoms with E-state index in [4.69, 9.17) is 9.47 Å². The molecule has 162 valence electrons. The van der Waals surface area contributed by atoms with Crippen LogP contribution < -0.4 is 9.47 Å². The first-order valence-electron chi connectivity index (χ1n) is 10.1. The number of rotatable bonds is 7. The first-order chi connectivity index (χ1) is 14.4. The molecule has 1 aromatic carbocycles. The Balaban J connectivity index is 1.79. The number of hydrogen-bond acceptors (Lipinski definition) is 6. The Labute approximate surface area is 188 Å². The Morgan fingerprint density at radius 3 is 2.37 bits per heavy atom. The highest BCUT2D eigenvalue weighted by molar-refractivity contribution is 9.10. The number of likely N-dealkylation sites (tertiary alicyclic amines) is 1. The highest BCUT2D eigenvalue weighted by Gasteiger charge is 2.37. The molecule has 3 rings (SSSR count). The van der Waals surface area contributed by atoms with E-state index in [1.807, 2.05) is 13.8 Å². The molecule has 0 atom stereocenters. The van der Waals surface area contributed by atoms with E-state index in [1.54, 1.807) is 23.1 Å². The van der Waals surface area contributed by atoms with Crippen molar-refractivity contribution in [1.82, 2.24) is 9.80 Å². The van der Waals surface area contributed by atoms with Crippen LogP contribution in [0.5, 0.6) is 11.5 Å². The standard InChI is InChI=1S/C21H25BrN2O5S/c1-3-28-16-10-14(15(22)12-17(16)29-4-2)11-18-20(26)24(21(27)30-18)13-19(25)23-8-6-5-7-9-23/h10-12H,3-9,13H2,1-2H3/b18-11-. The SMILES string of the molecule is CCOc1cc(Br)c(/C=C2\SC(=O)N(CC(=O)N3CCCCC3)C2=O)cc1OCC. The summed E-state index contributed by atoms with van der Waals surface area (Å²) >= 11 is 4.33. The highest BCUT2D eigenvalue weighted by Crippen LogP contribution is 2.38. The van der Waals surface area contributed by atoms with Gasteiger partial charge in [-0.3, -0.25) is 19.3 Å².